The molecule has 0 aliphatic heterocycles. The first kappa shape index (κ1) is 5.61. The Morgan fingerprint density at radius 1 is 1.80 bits per heavy atom. The van der Waals surface area contributed by atoms with Gasteiger partial charge in [-0.05, 0) is 0 Å². The van der Waals surface area contributed by atoms with E-state index in [0.717, 1.165) is 10.5 Å². The minimum atomic E-state index is -0.449. The zero-order valence-electron chi connectivity index (χ0n) is 3.99. The largest absolute Gasteiger partial charge is 0.469 e. The van der Waals surface area contributed by atoms with Gasteiger partial charge in [-0.2, -0.15) is 0 Å². The molecule has 1 nitrogen and oxygen atoms in total. The first-order valence-corrected chi connectivity index (χ1v) is 8.86. The second-order valence-corrected chi connectivity index (χ2v) is 10.1. The highest BCUT2D eigenvalue weighted by atomic mass is 29.2. The molecule has 0 aliphatic carbocycles. The monoisotopic (exact) mass is 122 g/mol. The second-order valence-electron chi connectivity index (χ2n) is 1.28. The van der Waals surface area contributed by atoms with Crippen LogP contribution in [0.3, 0.4) is 0 Å². The lowest BCUT2D eigenvalue weighted by atomic mass is 11.9. The lowest BCUT2D eigenvalue weighted by Gasteiger charge is -1.93. The molecule has 32 valence electrons. The molecule has 0 spiro atoms. The van der Waals surface area contributed by atoms with E-state index in [1.165, 1.54) is 9.76 Å². The van der Waals surface area contributed by atoms with E-state index in [9.17, 15) is 0 Å². The van der Waals surface area contributed by atoms with E-state index in [4.69, 9.17) is 4.12 Å². The Labute approximate surface area is 40.2 Å². The molecule has 5 heavy (non-hydrogen) atoms. The Kier molecular flexibility index (Phi) is 3.17. The van der Waals surface area contributed by atoms with Crippen LogP contribution in [0.5, 0.6) is 0 Å². The molecule has 0 heterocycles. The van der Waals surface area contributed by atoms with Gasteiger partial charge in [0.1, 0.15) is 19.0 Å². The Morgan fingerprint density at radius 2 is 2.00 bits per heavy atom. The molecule has 0 radical (unpaired) electrons. The highest BCUT2D eigenvalue weighted by Crippen LogP contribution is 1.64. The fraction of sp³-hybridized carbons (Fsp3) is 1.00. The highest BCUT2D eigenvalue weighted by Gasteiger charge is 1.82. The van der Waals surface area contributed by atoms with Crippen molar-refractivity contribution < 1.29 is 4.12 Å². The van der Waals surface area contributed by atoms with E-state index < -0.39 is 8.56 Å². The van der Waals surface area contributed by atoms with Gasteiger partial charge in [-0.15, -0.1) is 0 Å². The number of rotatable bonds is 1. The molecule has 0 aromatic heterocycles. The van der Waals surface area contributed by atoms with Gasteiger partial charge >= 0.3 is 0 Å². The molecule has 0 rings (SSSR count). The van der Waals surface area contributed by atoms with Gasteiger partial charge in [-0.1, -0.05) is 6.55 Å². The van der Waals surface area contributed by atoms with Crippen molar-refractivity contribution in [1.82, 2.24) is 0 Å². The lowest BCUT2D eigenvalue weighted by molar-refractivity contribution is 0.662. The Hall–Kier alpha value is 0.611. The summed E-state index contributed by atoms with van der Waals surface area (Å²) in [5.41, 5.74) is 0. The average molecular weight is 122 g/mol. The average Bonchev–Trinajstić information content (AvgIpc) is 1.38. The third-order valence-corrected chi connectivity index (χ3v) is 8.49. The summed E-state index contributed by atoms with van der Waals surface area (Å²) in [6.45, 7) is 2.24. The summed E-state index contributed by atoms with van der Waals surface area (Å²) in [5, 5.41) is 0. The summed E-state index contributed by atoms with van der Waals surface area (Å²) in [6, 6.07) is 0. The minimum Gasteiger partial charge on any atom is -0.469 e. The van der Waals surface area contributed by atoms with Crippen LogP contribution in [0.1, 0.15) is 0 Å². The highest BCUT2D eigenvalue weighted by molar-refractivity contribution is 6.99. The fourth-order valence-electron chi connectivity index (χ4n) is 0. The van der Waals surface area contributed by atoms with Gasteiger partial charge < -0.3 is 4.12 Å². The maximum atomic E-state index is 5.09. The molecular weight excluding hydrogens is 112 g/mol. The summed E-state index contributed by atoms with van der Waals surface area (Å²) in [5.74, 6) is 0. The summed E-state index contributed by atoms with van der Waals surface area (Å²) < 4.78 is 5.09. The van der Waals surface area contributed by atoms with E-state index in [0.29, 0.717) is 0 Å². The maximum Gasteiger partial charge on any atom is 0.135 e. The van der Waals surface area contributed by atoms with E-state index in [1.54, 1.807) is 0 Å². The van der Waals surface area contributed by atoms with Gasteiger partial charge in [0, 0.05) is 9.76 Å². The van der Waals surface area contributed by atoms with Crippen LogP contribution in [0.25, 0.3) is 0 Å². The predicted octanol–water partition coefficient (Wildman–Crippen LogP) is -2.50. The SMILES string of the molecule is C[SiH]([SiH3])O[SiH3]. The van der Waals surface area contributed by atoms with Crippen LogP contribution in [-0.2, 0) is 4.12 Å². The van der Waals surface area contributed by atoms with Gasteiger partial charge in [-0.25, -0.2) is 0 Å². The molecule has 0 saturated heterocycles. The van der Waals surface area contributed by atoms with E-state index >= 15 is 0 Å². The molecule has 0 aliphatic rings. The molecule has 0 N–H and O–H groups in total. The topological polar surface area (TPSA) is 9.23 Å². The fourth-order valence-corrected chi connectivity index (χ4v) is 0. The van der Waals surface area contributed by atoms with E-state index in [1.807, 2.05) is 0 Å². The van der Waals surface area contributed by atoms with Crippen LogP contribution < -0.4 is 0 Å². The number of hydrogen-bond acceptors (Lipinski definition) is 1. The normalized spacial score (nSPS) is 16.2. The van der Waals surface area contributed by atoms with Gasteiger partial charge in [0.15, 0.2) is 0 Å². The maximum absolute atomic E-state index is 5.09. The minimum absolute atomic E-state index is 0.449. The Morgan fingerprint density at radius 3 is 2.00 bits per heavy atom. The van der Waals surface area contributed by atoms with Crippen LogP contribution in [-0.4, -0.2) is 28.8 Å². The molecule has 0 fully saturated rings. The van der Waals surface area contributed by atoms with Crippen LogP contribution >= 0.6 is 0 Å². The van der Waals surface area contributed by atoms with Crippen molar-refractivity contribution in [1.29, 1.82) is 0 Å². The van der Waals surface area contributed by atoms with Crippen molar-refractivity contribution in [3.05, 3.63) is 0 Å². The molecule has 0 aromatic rings. The van der Waals surface area contributed by atoms with Crippen molar-refractivity contribution in [2.75, 3.05) is 0 Å². The second kappa shape index (κ2) is 2.83. The van der Waals surface area contributed by atoms with E-state index in [2.05, 4.69) is 6.55 Å². The molecule has 0 saturated carbocycles. The quantitative estimate of drug-likeness (QED) is 0.349. The summed E-state index contributed by atoms with van der Waals surface area (Å²) in [6.07, 6.45) is 0. The molecule has 4 heteroatoms. The molecule has 1 atom stereocenters. The molecular formula is CH10OSi3. The van der Waals surface area contributed by atoms with E-state index in [-0.39, 0.29) is 0 Å². The Balaban J connectivity index is 2.54. The van der Waals surface area contributed by atoms with Crippen molar-refractivity contribution in [2.24, 2.45) is 0 Å². The number of hydrogen-bond donors (Lipinski definition) is 0. The van der Waals surface area contributed by atoms with Crippen molar-refractivity contribution >= 4 is 28.8 Å². The summed E-state index contributed by atoms with van der Waals surface area (Å²) in [7, 11) is 1.84. The molecule has 1 unspecified atom stereocenters. The van der Waals surface area contributed by atoms with Crippen LogP contribution in [0.2, 0.25) is 6.55 Å². The third-order valence-electron chi connectivity index (χ3n) is 0.471. The molecule has 0 amide bonds. The lowest BCUT2D eigenvalue weighted by Crippen LogP contribution is -2.09. The summed E-state index contributed by atoms with van der Waals surface area (Å²) >= 11 is 0. The zero-order valence-corrected chi connectivity index (χ0v) is 9.14. The Bertz CT molecular complexity index is 20.9. The molecule has 0 bridgehead atoms. The van der Waals surface area contributed by atoms with Crippen LogP contribution in [0.4, 0.5) is 0 Å². The standard InChI is InChI=1S/CH10OSi3/c1-5(4)2-3/h5H,1,3-4H3. The van der Waals surface area contributed by atoms with Crippen molar-refractivity contribution in [3.8, 4) is 0 Å². The van der Waals surface area contributed by atoms with Gasteiger partial charge in [0.05, 0.1) is 0 Å². The third kappa shape index (κ3) is 4.61. The van der Waals surface area contributed by atoms with Crippen LogP contribution in [0.15, 0.2) is 0 Å². The zero-order chi connectivity index (χ0) is 4.28. The van der Waals surface area contributed by atoms with Gasteiger partial charge in [0.25, 0.3) is 0 Å². The predicted molar refractivity (Wildman–Crippen MR) is 34.0 cm³/mol. The van der Waals surface area contributed by atoms with Crippen molar-refractivity contribution in [2.45, 2.75) is 6.55 Å². The first-order chi connectivity index (χ1) is 2.27. The van der Waals surface area contributed by atoms with Crippen LogP contribution in [0, 0.1) is 0 Å². The van der Waals surface area contributed by atoms with Gasteiger partial charge in [-0.3, -0.25) is 0 Å². The first-order valence-electron chi connectivity index (χ1n) is 1.80. The smallest absolute Gasteiger partial charge is 0.135 e. The van der Waals surface area contributed by atoms with Crippen molar-refractivity contribution in [3.63, 3.8) is 0 Å². The molecule has 0 aromatic carbocycles. The summed E-state index contributed by atoms with van der Waals surface area (Å²) in [4.78, 5) is 0. The van der Waals surface area contributed by atoms with Gasteiger partial charge in [0.2, 0.25) is 0 Å².